The molecule has 10 heavy (non-hydrogen) atoms. The van der Waals surface area contributed by atoms with E-state index < -0.39 is 6.09 Å². The van der Waals surface area contributed by atoms with Crippen LogP contribution >= 0.6 is 0 Å². The summed E-state index contributed by atoms with van der Waals surface area (Å²) in [7, 11) is 0. The van der Waals surface area contributed by atoms with Crippen molar-refractivity contribution in [3.8, 4) is 0 Å². The van der Waals surface area contributed by atoms with E-state index in [1.807, 2.05) is 20.8 Å². The predicted molar refractivity (Wildman–Crippen MR) is 36.9 cm³/mol. The van der Waals surface area contributed by atoms with Crippen molar-refractivity contribution in [3.63, 3.8) is 0 Å². The van der Waals surface area contributed by atoms with Gasteiger partial charge in [0.15, 0.2) is 0 Å². The summed E-state index contributed by atoms with van der Waals surface area (Å²) in [5, 5.41) is 10.2. The minimum absolute atomic E-state index is 0.0405. The molecular formula is C6H13NO3. The lowest BCUT2D eigenvalue weighted by Gasteiger charge is -2.18. The molecule has 4 heteroatoms. The maximum Gasteiger partial charge on any atom is 0.406 e. The van der Waals surface area contributed by atoms with Crippen LogP contribution in [0.3, 0.4) is 0 Å². The first-order valence-corrected chi connectivity index (χ1v) is 3.02. The Labute approximate surface area is 60.2 Å². The van der Waals surface area contributed by atoms with Gasteiger partial charge in [-0.2, -0.15) is 0 Å². The molecule has 0 spiro atoms. The summed E-state index contributed by atoms with van der Waals surface area (Å²) in [6.07, 6.45) is -1.07. The molecule has 0 aromatic heterocycles. The van der Waals surface area contributed by atoms with E-state index in [2.05, 4.69) is 5.32 Å². The summed E-state index contributed by atoms with van der Waals surface area (Å²) in [4.78, 5) is 9.89. The summed E-state index contributed by atoms with van der Waals surface area (Å²) < 4.78 is 5.05. The molecule has 4 nitrogen and oxygen atoms in total. The smallest absolute Gasteiger partial charge is 0.406 e. The van der Waals surface area contributed by atoms with Gasteiger partial charge in [-0.15, -0.1) is 0 Å². The number of rotatable bonds is 2. The highest BCUT2D eigenvalue weighted by Gasteiger charge is 2.09. The van der Waals surface area contributed by atoms with Crippen LogP contribution in [0.1, 0.15) is 20.8 Å². The zero-order chi connectivity index (χ0) is 8.20. The molecule has 0 rings (SSSR count). The van der Waals surface area contributed by atoms with Crippen molar-refractivity contribution < 1.29 is 14.6 Å². The fourth-order valence-corrected chi connectivity index (χ4v) is 0.314. The first-order valence-electron chi connectivity index (χ1n) is 3.02. The zero-order valence-electron chi connectivity index (χ0n) is 6.47. The van der Waals surface area contributed by atoms with Crippen molar-refractivity contribution in [1.29, 1.82) is 0 Å². The average Bonchev–Trinajstić information content (AvgIpc) is 1.59. The van der Waals surface area contributed by atoms with Crippen LogP contribution in [0.15, 0.2) is 0 Å². The van der Waals surface area contributed by atoms with E-state index in [9.17, 15) is 4.79 Å². The number of carboxylic acid groups (broad SMARTS) is 1. The third-order valence-corrected chi connectivity index (χ3v) is 0.729. The summed E-state index contributed by atoms with van der Waals surface area (Å²) in [5.74, 6) is 0. The van der Waals surface area contributed by atoms with Gasteiger partial charge in [-0.05, 0) is 20.8 Å². The Balaban J connectivity index is 3.29. The quantitative estimate of drug-likeness (QED) is 0.573. The molecule has 2 N–H and O–H groups in total. The molecule has 0 radical (unpaired) electrons. The van der Waals surface area contributed by atoms with Gasteiger partial charge >= 0.3 is 6.09 Å². The monoisotopic (exact) mass is 147 g/mol. The summed E-state index contributed by atoms with van der Waals surface area (Å²) in [6, 6.07) is 0. The van der Waals surface area contributed by atoms with Crippen LogP contribution in [0.4, 0.5) is 4.79 Å². The Morgan fingerprint density at radius 3 is 2.40 bits per heavy atom. The minimum atomic E-state index is -1.07. The second kappa shape index (κ2) is 3.41. The Bertz CT molecular complexity index is 117. The molecule has 1 amide bonds. The second-order valence-electron chi connectivity index (χ2n) is 2.88. The Morgan fingerprint density at radius 1 is 1.60 bits per heavy atom. The van der Waals surface area contributed by atoms with E-state index >= 15 is 0 Å². The van der Waals surface area contributed by atoms with Crippen LogP contribution in [0.5, 0.6) is 0 Å². The fourth-order valence-electron chi connectivity index (χ4n) is 0.314. The molecular weight excluding hydrogens is 134 g/mol. The SMILES string of the molecule is CC(C)(C)OCNC(=O)O. The fraction of sp³-hybridized carbons (Fsp3) is 0.833. The lowest BCUT2D eigenvalue weighted by molar-refractivity contribution is -0.0110. The molecule has 0 saturated carbocycles. The lowest BCUT2D eigenvalue weighted by Crippen LogP contribution is -2.30. The lowest BCUT2D eigenvalue weighted by atomic mass is 10.2. The first kappa shape index (κ1) is 9.23. The van der Waals surface area contributed by atoms with Crippen LogP contribution in [0.2, 0.25) is 0 Å². The third-order valence-electron chi connectivity index (χ3n) is 0.729. The van der Waals surface area contributed by atoms with Crippen molar-refractivity contribution >= 4 is 6.09 Å². The molecule has 0 aliphatic rings. The number of carbonyl (C=O) groups is 1. The van der Waals surface area contributed by atoms with Crippen molar-refractivity contribution in [2.45, 2.75) is 26.4 Å². The van der Waals surface area contributed by atoms with Crippen LogP contribution < -0.4 is 5.32 Å². The molecule has 0 aromatic rings. The van der Waals surface area contributed by atoms with Crippen molar-refractivity contribution in [1.82, 2.24) is 5.32 Å². The third kappa shape index (κ3) is 7.23. The van der Waals surface area contributed by atoms with E-state index in [-0.39, 0.29) is 12.3 Å². The van der Waals surface area contributed by atoms with Gasteiger partial charge in [-0.1, -0.05) is 0 Å². The average molecular weight is 147 g/mol. The highest BCUT2D eigenvalue weighted by Crippen LogP contribution is 2.04. The number of ether oxygens (including phenoxy) is 1. The van der Waals surface area contributed by atoms with Gasteiger partial charge in [0.1, 0.15) is 6.73 Å². The van der Waals surface area contributed by atoms with Crippen LogP contribution in [-0.4, -0.2) is 23.5 Å². The molecule has 60 valence electrons. The normalized spacial score (nSPS) is 11.1. The first-order chi connectivity index (χ1) is 4.42. The van der Waals surface area contributed by atoms with Crippen LogP contribution in [0, 0.1) is 0 Å². The molecule has 0 aromatic carbocycles. The van der Waals surface area contributed by atoms with Gasteiger partial charge in [-0.25, -0.2) is 4.79 Å². The highest BCUT2D eigenvalue weighted by molar-refractivity contribution is 5.64. The number of amides is 1. The molecule has 0 atom stereocenters. The van der Waals surface area contributed by atoms with Gasteiger partial charge in [-0.3, -0.25) is 5.32 Å². The number of hydrogen-bond acceptors (Lipinski definition) is 2. The maximum absolute atomic E-state index is 9.89. The van der Waals surface area contributed by atoms with E-state index in [1.54, 1.807) is 0 Å². The van der Waals surface area contributed by atoms with E-state index in [0.29, 0.717) is 0 Å². The molecule has 0 aliphatic heterocycles. The van der Waals surface area contributed by atoms with E-state index in [0.717, 1.165) is 0 Å². The highest BCUT2D eigenvalue weighted by atomic mass is 16.5. The second-order valence-corrected chi connectivity index (χ2v) is 2.88. The molecule has 0 heterocycles. The Hall–Kier alpha value is -0.770. The van der Waals surface area contributed by atoms with Gasteiger partial charge in [0.2, 0.25) is 0 Å². The van der Waals surface area contributed by atoms with Crippen LogP contribution in [0.25, 0.3) is 0 Å². The van der Waals surface area contributed by atoms with E-state index in [1.165, 1.54) is 0 Å². The van der Waals surface area contributed by atoms with Crippen molar-refractivity contribution in [3.05, 3.63) is 0 Å². The predicted octanol–water partition coefficient (Wildman–Crippen LogP) is 1.03. The van der Waals surface area contributed by atoms with Crippen molar-refractivity contribution in [2.24, 2.45) is 0 Å². The standard InChI is InChI=1S/C6H13NO3/c1-6(2,3)10-4-7-5(8)9/h7H,4H2,1-3H3,(H,8,9). The number of hydrogen-bond donors (Lipinski definition) is 2. The van der Waals surface area contributed by atoms with Gasteiger partial charge < -0.3 is 9.84 Å². The maximum atomic E-state index is 9.89. The van der Waals surface area contributed by atoms with Crippen molar-refractivity contribution in [2.75, 3.05) is 6.73 Å². The van der Waals surface area contributed by atoms with Crippen LogP contribution in [-0.2, 0) is 4.74 Å². The molecule has 0 bridgehead atoms. The van der Waals surface area contributed by atoms with Gasteiger partial charge in [0.05, 0.1) is 5.60 Å². The Morgan fingerprint density at radius 2 is 2.10 bits per heavy atom. The summed E-state index contributed by atoms with van der Waals surface area (Å²) >= 11 is 0. The van der Waals surface area contributed by atoms with E-state index in [4.69, 9.17) is 9.84 Å². The summed E-state index contributed by atoms with van der Waals surface area (Å²) in [5.41, 5.74) is -0.289. The summed E-state index contributed by atoms with van der Waals surface area (Å²) in [6.45, 7) is 5.61. The molecule has 0 aliphatic carbocycles. The molecule has 0 saturated heterocycles. The Kier molecular flexibility index (Phi) is 3.15. The topological polar surface area (TPSA) is 58.6 Å². The molecule has 0 fully saturated rings. The number of nitrogens with one attached hydrogen (secondary N) is 1. The van der Waals surface area contributed by atoms with Gasteiger partial charge in [0, 0.05) is 0 Å². The minimum Gasteiger partial charge on any atom is -0.465 e. The van der Waals surface area contributed by atoms with Gasteiger partial charge in [0.25, 0.3) is 0 Å². The largest absolute Gasteiger partial charge is 0.465 e. The molecule has 0 unspecified atom stereocenters. The zero-order valence-corrected chi connectivity index (χ0v) is 6.47.